The average molecular weight is 220 g/mol. The van der Waals surface area contributed by atoms with Gasteiger partial charge in [0, 0.05) is 12.8 Å². The standard InChI is InChI=1S/C16H28/c1-3-5-7-9-11-13-15-16-14-12-10-8-6-4-2/h9,11H,3-8,10,12-13,15H2,1-2H3. The molecular weight excluding hydrogens is 192 g/mol. The minimum Gasteiger partial charge on any atom is -0.103 e. The fourth-order valence-corrected chi connectivity index (χ4v) is 1.53. The molecule has 0 heterocycles. The lowest BCUT2D eigenvalue weighted by Gasteiger charge is -1.91. The lowest BCUT2D eigenvalue weighted by atomic mass is 10.1. The summed E-state index contributed by atoms with van der Waals surface area (Å²) in [4.78, 5) is 0. The summed E-state index contributed by atoms with van der Waals surface area (Å²) in [6.45, 7) is 4.48. The van der Waals surface area contributed by atoms with Crippen molar-refractivity contribution in [1.29, 1.82) is 0 Å². The van der Waals surface area contributed by atoms with E-state index in [1.165, 1.54) is 44.9 Å². The molecule has 0 aliphatic heterocycles. The van der Waals surface area contributed by atoms with E-state index < -0.39 is 0 Å². The highest BCUT2D eigenvalue weighted by molar-refractivity contribution is 5.00. The van der Waals surface area contributed by atoms with Crippen LogP contribution >= 0.6 is 0 Å². The van der Waals surface area contributed by atoms with Crippen LogP contribution in [0.5, 0.6) is 0 Å². The summed E-state index contributed by atoms with van der Waals surface area (Å²) in [5, 5.41) is 0. The van der Waals surface area contributed by atoms with Gasteiger partial charge < -0.3 is 0 Å². The van der Waals surface area contributed by atoms with Crippen molar-refractivity contribution >= 4 is 0 Å². The van der Waals surface area contributed by atoms with E-state index in [4.69, 9.17) is 0 Å². The predicted molar refractivity (Wildman–Crippen MR) is 74.4 cm³/mol. The van der Waals surface area contributed by atoms with E-state index in [1.54, 1.807) is 0 Å². The maximum Gasteiger partial charge on any atom is 0.0123 e. The Morgan fingerprint density at radius 1 is 0.688 bits per heavy atom. The number of hydrogen-bond acceptors (Lipinski definition) is 0. The Kier molecular flexibility index (Phi) is 13.7. The molecule has 0 spiro atoms. The van der Waals surface area contributed by atoms with E-state index in [-0.39, 0.29) is 0 Å². The summed E-state index contributed by atoms with van der Waals surface area (Å²) in [7, 11) is 0. The number of unbranched alkanes of at least 4 members (excludes halogenated alkanes) is 7. The third kappa shape index (κ3) is 13.3. The van der Waals surface area contributed by atoms with Gasteiger partial charge in [0.2, 0.25) is 0 Å². The molecule has 0 aromatic rings. The van der Waals surface area contributed by atoms with Crippen molar-refractivity contribution in [3.8, 4) is 11.8 Å². The van der Waals surface area contributed by atoms with Gasteiger partial charge in [-0.3, -0.25) is 0 Å². The average Bonchev–Trinajstić information content (AvgIpc) is 2.31. The number of hydrogen-bond donors (Lipinski definition) is 0. The summed E-state index contributed by atoms with van der Waals surface area (Å²) in [6, 6.07) is 0. The van der Waals surface area contributed by atoms with Crippen LogP contribution in [-0.2, 0) is 0 Å². The minimum absolute atomic E-state index is 1.04. The van der Waals surface area contributed by atoms with Crippen molar-refractivity contribution in [2.24, 2.45) is 0 Å². The molecule has 0 fully saturated rings. The molecule has 0 N–H and O–H groups in total. The third-order valence-electron chi connectivity index (χ3n) is 2.61. The van der Waals surface area contributed by atoms with Crippen molar-refractivity contribution < 1.29 is 0 Å². The van der Waals surface area contributed by atoms with E-state index in [2.05, 4.69) is 37.8 Å². The Morgan fingerprint density at radius 3 is 2.12 bits per heavy atom. The maximum atomic E-state index is 3.26. The quantitative estimate of drug-likeness (QED) is 0.274. The van der Waals surface area contributed by atoms with Gasteiger partial charge in [0.25, 0.3) is 0 Å². The molecule has 0 saturated heterocycles. The highest BCUT2D eigenvalue weighted by atomic mass is 13.9. The van der Waals surface area contributed by atoms with Gasteiger partial charge in [-0.25, -0.2) is 0 Å². The molecule has 0 bridgehead atoms. The molecule has 16 heavy (non-hydrogen) atoms. The SMILES string of the molecule is CCCCC=CCCC#CCCCCCC. The predicted octanol–water partition coefficient (Wildman–Crippen LogP) is 5.49. The van der Waals surface area contributed by atoms with E-state index in [0.29, 0.717) is 0 Å². The van der Waals surface area contributed by atoms with Crippen LogP contribution in [0.2, 0.25) is 0 Å². The Bertz CT molecular complexity index is 202. The molecule has 0 saturated carbocycles. The highest BCUT2D eigenvalue weighted by Gasteiger charge is 1.83. The van der Waals surface area contributed by atoms with Crippen molar-refractivity contribution in [3.05, 3.63) is 12.2 Å². The topological polar surface area (TPSA) is 0 Å². The van der Waals surface area contributed by atoms with Crippen molar-refractivity contribution in [3.63, 3.8) is 0 Å². The summed E-state index contributed by atoms with van der Waals surface area (Å²) in [5.74, 6) is 6.51. The third-order valence-corrected chi connectivity index (χ3v) is 2.61. The van der Waals surface area contributed by atoms with Crippen LogP contribution in [-0.4, -0.2) is 0 Å². The molecule has 0 heteroatoms. The second kappa shape index (κ2) is 14.3. The Labute approximate surface area is 103 Å². The summed E-state index contributed by atoms with van der Waals surface area (Å²) in [5.41, 5.74) is 0. The molecule has 0 aromatic heterocycles. The van der Waals surface area contributed by atoms with Crippen LogP contribution in [0.15, 0.2) is 12.2 Å². The van der Waals surface area contributed by atoms with E-state index in [9.17, 15) is 0 Å². The lowest BCUT2D eigenvalue weighted by molar-refractivity contribution is 0.679. The molecule has 0 aliphatic rings. The van der Waals surface area contributed by atoms with E-state index in [0.717, 1.165) is 19.3 Å². The highest BCUT2D eigenvalue weighted by Crippen LogP contribution is 2.01. The molecule has 0 aromatic carbocycles. The smallest absolute Gasteiger partial charge is 0.0123 e. The second-order valence-corrected chi connectivity index (χ2v) is 4.32. The number of rotatable bonds is 9. The molecule has 0 rings (SSSR count). The summed E-state index contributed by atoms with van der Waals surface area (Å²) in [6.07, 6.45) is 17.0. The first kappa shape index (κ1) is 15.3. The van der Waals surface area contributed by atoms with Gasteiger partial charge in [0.15, 0.2) is 0 Å². The van der Waals surface area contributed by atoms with Crippen LogP contribution < -0.4 is 0 Å². The maximum absolute atomic E-state index is 3.26. The van der Waals surface area contributed by atoms with Crippen molar-refractivity contribution in [1.82, 2.24) is 0 Å². The summed E-state index contributed by atoms with van der Waals surface area (Å²) < 4.78 is 0. The summed E-state index contributed by atoms with van der Waals surface area (Å²) >= 11 is 0. The van der Waals surface area contributed by atoms with E-state index in [1.807, 2.05) is 0 Å². The molecule has 92 valence electrons. The van der Waals surface area contributed by atoms with Gasteiger partial charge in [0.1, 0.15) is 0 Å². The first-order valence-electron chi connectivity index (χ1n) is 7.02. The fraction of sp³-hybridized carbons (Fsp3) is 0.750. The monoisotopic (exact) mass is 220 g/mol. The molecule has 0 nitrogen and oxygen atoms in total. The van der Waals surface area contributed by atoms with Crippen LogP contribution in [0.1, 0.15) is 78.1 Å². The lowest BCUT2D eigenvalue weighted by Crippen LogP contribution is -1.74. The molecule has 0 unspecified atom stereocenters. The normalized spacial score (nSPS) is 10.4. The zero-order chi connectivity index (χ0) is 11.9. The van der Waals surface area contributed by atoms with Crippen molar-refractivity contribution in [2.45, 2.75) is 78.1 Å². The molecule has 0 atom stereocenters. The zero-order valence-corrected chi connectivity index (χ0v) is 11.2. The van der Waals surface area contributed by atoms with Gasteiger partial charge in [-0.1, -0.05) is 58.1 Å². The molecule has 0 radical (unpaired) electrons. The largest absolute Gasteiger partial charge is 0.103 e. The molecular formula is C16H28. The van der Waals surface area contributed by atoms with Crippen LogP contribution in [0.4, 0.5) is 0 Å². The van der Waals surface area contributed by atoms with Crippen molar-refractivity contribution in [2.75, 3.05) is 0 Å². The van der Waals surface area contributed by atoms with Crippen LogP contribution in [0.3, 0.4) is 0 Å². The van der Waals surface area contributed by atoms with Crippen LogP contribution in [0, 0.1) is 11.8 Å². The Hall–Kier alpha value is -0.700. The zero-order valence-electron chi connectivity index (χ0n) is 11.2. The first-order chi connectivity index (χ1) is 7.91. The fourth-order valence-electron chi connectivity index (χ4n) is 1.53. The van der Waals surface area contributed by atoms with Gasteiger partial charge in [-0.05, 0) is 19.3 Å². The Balaban J connectivity index is 3.18. The second-order valence-electron chi connectivity index (χ2n) is 4.32. The number of allylic oxidation sites excluding steroid dienone is 2. The van der Waals surface area contributed by atoms with Gasteiger partial charge in [-0.2, -0.15) is 0 Å². The first-order valence-corrected chi connectivity index (χ1v) is 7.02. The van der Waals surface area contributed by atoms with E-state index >= 15 is 0 Å². The molecule has 0 amide bonds. The molecule has 0 aliphatic carbocycles. The minimum atomic E-state index is 1.04. The van der Waals surface area contributed by atoms with Gasteiger partial charge in [0.05, 0.1) is 0 Å². The Morgan fingerprint density at radius 2 is 1.38 bits per heavy atom. The van der Waals surface area contributed by atoms with Gasteiger partial charge in [-0.15, -0.1) is 11.8 Å². The van der Waals surface area contributed by atoms with Crippen LogP contribution in [0.25, 0.3) is 0 Å². The van der Waals surface area contributed by atoms with Gasteiger partial charge >= 0.3 is 0 Å².